The first-order valence-corrected chi connectivity index (χ1v) is 6.65. The highest BCUT2D eigenvalue weighted by atomic mass is 16.2. The Hall–Kier alpha value is -2.14. The van der Waals surface area contributed by atoms with Crippen LogP contribution in [0, 0.1) is 0 Å². The smallest absolute Gasteiger partial charge is 0.269 e. The second-order valence-electron chi connectivity index (χ2n) is 4.82. The van der Waals surface area contributed by atoms with Crippen molar-refractivity contribution in [3.8, 4) is 0 Å². The van der Waals surface area contributed by atoms with Crippen molar-refractivity contribution < 1.29 is 4.79 Å². The van der Waals surface area contributed by atoms with Crippen LogP contribution in [0.15, 0.2) is 42.6 Å². The van der Waals surface area contributed by atoms with Gasteiger partial charge in [0.2, 0.25) is 0 Å². The van der Waals surface area contributed by atoms with E-state index in [1.54, 1.807) is 24.0 Å². The summed E-state index contributed by atoms with van der Waals surface area (Å²) in [5, 5.41) is 6.88. The number of aryl methyl sites for hydroxylation is 1. The molecule has 1 aromatic carbocycles. The fourth-order valence-electron chi connectivity index (χ4n) is 2.02. The van der Waals surface area contributed by atoms with Gasteiger partial charge < -0.3 is 10.2 Å². The number of nitrogens with zero attached hydrogens (tertiary/aromatic N) is 3. The maximum atomic E-state index is 11.9. The Bertz CT molecular complexity index is 550. The molecule has 0 fully saturated rings. The largest absolute Gasteiger partial charge is 0.349 e. The third-order valence-corrected chi connectivity index (χ3v) is 3.13. The van der Waals surface area contributed by atoms with Crippen LogP contribution in [0.25, 0.3) is 0 Å². The number of amides is 1. The summed E-state index contributed by atoms with van der Waals surface area (Å²) in [4.78, 5) is 14.1. The lowest BCUT2D eigenvalue weighted by Gasteiger charge is -2.17. The topological polar surface area (TPSA) is 50.2 Å². The molecule has 2 aromatic rings. The summed E-state index contributed by atoms with van der Waals surface area (Å²) in [7, 11) is 3.81. The Morgan fingerprint density at radius 3 is 2.70 bits per heavy atom. The number of rotatable bonds is 6. The van der Waals surface area contributed by atoms with E-state index in [4.69, 9.17) is 0 Å². The van der Waals surface area contributed by atoms with Gasteiger partial charge in [0.25, 0.3) is 5.91 Å². The first-order valence-electron chi connectivity index (χ1n) is 6.65. The fourth-order valence-corrected chi connectivity index (χ4v) is 2.02. The van der Waals surface area contributed by atoms with Crippen molar-refractivity contribution >= 4 is 5.91 Å². The highest BCUT2D eigenvalue weighted by Gasteiger charge is 2.09. The van der Waals surface area contributed by atoms with Crippen LogP contribution < -0.4 is 5.32 Å². The minimum Gasteiger partial charge on any atom is -0.349 e. The molecule has 0 radical (unpaired) electrons. The average molecular weight is 272 g/mol. The summed E-state index contributed by atoms with van der Waals surface area (Å²) in [6.45, 7) is 2.30. The Morgan fingerprint density at radius 2 is 2.05 bits per heavy atom. The van der Waals surface area contributed by atoms with Gasteiger partial charge in [-0.05, 0) is 18.7 Å². The van der Waals surface area contributed by atoms with Gasteiger partial charge in [-0.1, -0.05) is 30.3 Å². The van der Waals surface area contributed by atoms with E-state index >= 15 is 0 Å². The van der Waals surface area contributed by atoms with E-state index in [1.807, 2.05) is 25.2 Å². The van der Waals surface area contributed by atoms with Crippen LogP contribution in [0.2, 0.25) is 0 Å². The van der Waals surface area contributed by atoms with Crippen molar-refractivity contribution in [2.75, 3.05) is 20.1 Å². The Morgan fingerprint density at radius 1 is 1.30 bits per heavy atom. The Balaban J connectivity index is 1.73. The molecule has 106 valence electrons. The summed E-state index contributed by atoms with van der Waals surface area (Å²) < 4.78 is 1.57. The quantitative estimate of drug-likeness (QED) is 0.862. The minimum absolute atomic E-state index is 0.0851. The number of nitrogens with one attached hydrogen (secondary N) is 1. The molecule has 0 spiro atoms. The fraction of sp³-hybridized carbons (Fsp3) is 0.333. The maximum Gasteiger partial charge on any atom is 0.269 e. The van der Waals surface area contributed by atoms with Gasteiger partial charge in [0.15, 0.2) is 0 Å². The molecular formula is C15H20N4O. The van der Waals surface area contributed by atoms with Crippen molar-refractivity contribution in [1.82, 2.24) is 20.0 Å². The van der Waals surface area contributed by atoms with E-state index in [1.165, 1.54) is 5.56 Å². The number of carbonyl (C=O) groups is 1. The lowest BCUT2D eigenvalue weighted by Crippen LogP contribution is -2.33. The van der Waals surface area contributed by atoms with E-state index in [2.05, 4.69) is 27.4 Å². The second-order valence-corrected chi connectivity index (χ2v) is 4.82. The highest BCUT2D eigenvalue weighted by Crippen LogP contribution is 2.01. The van der Waals surface area contributed by atoms with Crippen molar-refractivity contribution in [2.24, 2.45) is 7.05 Å². The van der Waals surface area contributed by atoms with Crippen LogP contribution in [0.5, 0.6) is 0 Å². The molecule has 1 aromatic heterocycles. The molecule has 1 N–H and O–H groups in total. The zero-order valence-corrected chi connectivity index (χ0v) is 11.9. The molecule has 1 heterocycles. The summed E-state index contributed by atoms with van der Waals surface area (Å²) >= 11 is 0. The van der Waals surface area contributed by atoms with E-state index in [0.29, 0.717) is 12.2 Å². The molecule has 0 unspecified atom stereocenters. The SMILES string of the molecule is CN(CCNC(=O)c1ccnn1C)Cc1ccccc1. The van der Waals surface area contributed by atoms with E-state index in [-0.39, 0.29) is 5.91 Å². The molecular weight excluding hydrogens is 252 g/mol. The molecule has 5 nitrogen and oxygen atoms in total. The number of carbonyl (C=O) groups excluding carboxylic acids is 1. The Kier molecular flexibility index (Phi) is 4.90. The van der Waals surface area contributed by atoms with Crippen molar-refractivity contribution in [3.05, 3.63) is 53.9 Å². The van der Waals surface area contributed by atoms with E-state index in [0.717, 1.165) is 13.1 Å². The van der Waals surface area contributed by atoms with Gasteiger partial charge in [0.05, 0.1) is 0 Å². The van der Waals surface area contributed by atoms with E-state index in [9.17, 15) is 4.79 Å². The average Bonchev–Trinajstić information content (AvgIpc) is 2.86. The lowest BCUT2D eigenvalue weighted by atomic mass is 10.2. The summed E-state index contributed by atoms with van der Waals surface area (Å²) in [6, 6.07) is 12.0. The third-order valence-electron chi connectivity index (χ3n) is 3.13. The third kappa shape index (κ3) is 3.93. The molecule has 1 amide bonds. The Labute approximate surface area is 119 Å². The van der Waals surface area contributed by atoms with Gasteiger partial charge in [-0.2, -0.15) is 5.10 Å². The first-order chi connectivity index (χ1) is 9.66. The zero-order chi connectivity index (χ0) is 14.4. The number of aromatic nitrogens is 2. The lowest BCUT2D eigenvalue weighted by molar-refractivity contribution is 0.0940. The molecule has 0 aliphatic rings. The van der Waals surface area contributed by atoms with Crippen LogP contribution >= 0.6 is 0 Å². The van der Waals surface area contributed by atoms with Gasteiger partial charge in [0.1, 0.15) is 5.69 Å². The van der Waals surface area contributed by atoms with Crippen LogP contribution in [-0.2, 0) is 13.6 Å². The van der Waals surface area contributed by atoms with Crippen LogP contribution in [0.1, 0.15) is 16.1 Å². The van der Waals surface area contributed by atoms with Crippen molar-refractivity contribution in [1.29, 1.82) is 0 Å². The van der Waals surface area contributed by atoms with Crippen LogP contribution in [0.3, 0.4) is 0 Å². The van der Waals surface area contributed by atoms with Crippen molar-refractivity contribution in [3.63, 3.8) is 0 Å². The molecule has 5 heteroatoms. The van der Waals surface area contributed by atoms with Gasteiger partial charge in [-0.15, -0.1) is 0 Å². The predicted molar refractivity (Wildman–Crippen MR) is 78.3 cm³/mol. The van der Waals surface area contributed by atoms with Gasteiger partial charge in [0, 0.05) is 32.9 Å². The normalized spacial score (nSPS) is 10.8. The predicted octanol–water partition coefficient (Wildman–Crippen LogP) is 1.28. The molecule has 0 atom stereocenters. The number of benzene rings is 1. The molecule has 0 aliphatic heterocycles. The first kappa shape index (κ1) is 14.3. The number of hydrogen-bond donors (Lipinski definition) is 1. The standard InChI is InChI=1S/C15H20N4O/c1-18(12-13-6-4-3-5-7-13)11-10-16-15(20)14-8-9-17-19(14)2/h3-9H,10-12H2,1-2H3,(H,16,20). The zero-order valence-electron chi connectivity index (χ0n) is 11.9. The molecule has 0 saturated carbocycles. The number of hydrogen-bond acceptors (Lipinski definition) is 3. The maximum absolute atomic E-state index is 11.9. The van der Waals surface area contributed by atoms with Crippen molar-refractivity contribution in [2.45, 2.75) is 6.54 Å². The molecule has 0 saturated heterocycles. The molecule has 0 bridgehead atoms. The molecule has 20 heavy (non-hydrogen) atoms. The van der Waals surface area contributed by atoms with Gasteiger partial charge in [-0.3, -0.25) is 9.48 Å². The summed E-state index contributed by atoms with van der Waals surface area (Å²) in [5.74, 6) is -0.0851. The van der Waals surface area contributed by atoms with Gasteiger partial charge in [-0.25, -0.2) is 0 Å². The molecule has 2 rings (SSSR count). The summed E-state index contributed by atoms with van der Waals surface area (Å²) in [5.41, 5.74) is 1.85. The highest BCUT2D eigenvalue weighted by molar-refractivity contribution is 5.92. The molecule has 0 aliphatic carbocycles. The summed E-state index contributed by atoms with van der Waals surface area (Å²) in [6.07, 6.45) is 1.62. The van der Waals surface area contributed by atoms with E-state index < -0.39 is 0 Å². The second kappa shape index (κ2) is 6.86. The van der Waals surface area contributed by atoms with Crippen LogP contribution in [-0.4, -0.2) is 40.7 Å². The number of likely N-dealkylation sites (N-methyl/N-ethyl adjacent to an activating group) is 1. The van der Waals surface area contributed by atoms with Gasteiger partial charge >= 0.3 is 0 Å². The minimum atomic E-state index is -0.0851. The monoisotopic (exact) mass is 272 g/mol. The van der Waals surface area contributed by atoms with Crippen LogP contribution in [0.4, 0.5) is 0 Å².